The molecule has 2 rings (SSSR count). The average molecular weight is 262 g/mol. The van der Waals surface area contributed by atoms with E-state index >= 15 is 0 Å². The van der Waals surface area contributed by atoms with Crippen molar-refractivity contribution in [3.63, 3.8) is 0 Å². The Bertz CT molecular complexity index is 446. The molecule has 0 saturated carbocycles. The van der Waals surface area contributed by atoms with Gasteiger partial charge in [-0.25, -0.2) is 0 Å². The number of ether oxygens (including phenoxy) is 1. The maximum Gasteiger partial charge on any atom is 0.256 e. The molecule has 1 saturated heterocycles. The number of carbonyl (C=O) groups excluding carboxylic acids is 1. The summed E-state index contributed by atoms with van der Waals surface area (Å²) < 4.78 is 5.52. The summed E-state index contributed by atoms with van der Waals surface area (Å²) in [5.74, 6) is 0.636. The molecule has 1 aromatic rings. The van der Waals surface area contributed by atoms with Crippen LogP contribution in [0.3, 0.4) is 0 Å². The lowest BCUT2D eigenvalue weighted by atomic mass is 10.0. The van der Waals surface area contributed by atoms with E-state index in [0.717, 1.165) is 12.1 Å². The monoisotopic (exact) mass is 262 g/mol. The third-order valence-electron chi connectivity index (χ3n) is 3.47. The first kappa shape index (κ1) is 14.0. The lowest BCUT2D eigenvalue weighted by molar-refractivity contribution is -0.00752. The first-order chi connectivity index (χ1) is 9.09. The van der Waals surface area contributed by atoms with Crippen molar-refractivity contribution >= 4 is 5.91 Å². The maximum atomic E-state index is 12.6. The number of aryl methyl sites for hydroxylation is 1. The van der Waals surface area contributed by atoms with Crippen molar-refractivity contribution in [2.75, 3.05) is 19.8 Å². The molecule has 19 heavy (non-hydrogen) atoms. The largest absolute Gasteiger partial charge is 0.377 e. The Morgan fingerprint density at radius 1 is 1.58 bits per heavy atom. The predicted molar refractivity (Wildman–Crippen MR) is 74.1 cm³/mol. The van der Waals surface area contributed by atoms with Crippen LogP contribution in [0.5, 0.6) is 0 Å². The summed E-state index contributed by atoms with van der Waals surface area (Å²) in [7, 11) is 0. The normalized spacial score (nSPS) is 19.8. The van der Waals surface area contributed by atoms with Crippen LogP contribution in [0.4, 0.5) is 0 Å². The van der Waals surface area contributed by atoms with Gasteiger partial charge in [0, 0.05) is 18.4 Å². The van der Waals surface area contributed by atoms with Crippen molar-refractivity contribution in [1.29, 1.82) is 0 Å². The average Bonchev–Trinajstić information content (AvgIpc) is 2.38. The van der Waals surface area contributed by atoms with Crippen molar-refractivity contribution in [1.82, 2.24) is 9.88 Å². The summed E-state index contributed by atoms with van der Waals surface area (Å²) in [6.45, 7) is 8.16. The van der Waals surface area contributed by atoms with E-state index in [-0.39, 0.29) is 11.9 Å². The van der Waals surface area contributed by atoms with E-state index < -0.39 is 0 Å². The SMILES string of the molecule is Cc1ncccc1C(=O)N1CCOCC1CC(C)C. The van der Waals surface area contributed by atoms with Crippen LogP contribution in [0.1, 0.15) is 36.3 Å². The van der Waals surface area contributed by atoms with Gasteiger partial charge in [-0.1, -0.05) is 13.8 Å². The van der Waals surface area contributed by atoms with Crippen LogP contribution in [-0.4, -0.2) is 41.6 Å². The van der Waals surface area contributed by atoms with Gasteiger partial charge >= 0.3 is 0 Å². The summed E-state index contributed by atoms with van der Waals surface area (Å²) in [6, 6.07) is 3.85. The molecule has 1 amide bonds. The highest BCUT2D eigenvalue weighted by Gasteiger charge is 2.29. The number of morpholine rings is 1. The zero-order chi connectivity index (χ0) is 13.8. The van der Waals surface area contributed by atoms with E-state index in [1.54, 1.807) is 6.20 Å². The smallest absolute Gasteiger partial charge is 0.256 e. The summed E-state index contributed by atoms with van der Waals surface area (Å²) in [6.07, 6.45) is 2.70. The molecule has 1 unspecified atom stereocenters. The molecule has 1 aliphatic rings. The Morgan fingerprint density at radius 2 is 2.37 bits per heavy atom. The number of hydrogen-bond donors (Lipinski definition) is 0. The molecule has 0 N–H and O–H groups in total. The number of rotatable bonds is 3. The van der Waals surface area contributed by atoms with Crippen LogP contribution in [0.15, 0.2) is 18.3 Å². The zero-order valence-electron chi connectivity index (χ0n) is 11.9. The molecule has 0 aromatic carbocycles. The minimum absolute atomic E-state index is 0.0829. The van der Waals surface area contributed by atoms with E-state index in [2.05, 4.69) is 18.8 Å². The van der Waals surface area contributed by atoms with Crippen LogP contribution < -0.4 is 0 Å². The quantitative estimate of drug-likeness (QED) is 0.839. The standard InChI is InChI=1S/C15H22N2O2/c1-11(2)9-13-10-19-8-7-17(13)15(18)14-5-4-6-16-12(14)3/h4-6,11,13H,7-10H2,1-3H3. The van der Waals surface area contributed by atoms with E-state index in [4.69, 9.17) is 4.74 Å². The highest BCUT2D eigenvalue weighted by Crippen LogP contribution is 2.19. The third kappa shape index (κ3) is 3.32. The van der Waals surface area contributed by atoms with Crippen molar-refractivity contribution in [2.24, 2.45) is 5.92 Å². The first-order valence-corrected chi connectivity index (χ1v) is 6.90. The van der Waals surface area contributed by atoms with E-state index in [0.29, 0.717) is 31.2 Å². The highest BCUT2D eigenvalue weighted by atomic mass is 16.5. The summed E-state index contributed by atoms with van der Waals surface area (Å²) in [5, 5.41) is 0. The van der Waals surface area contributed by atoms with E-state index in [9.17, 15) is 4.79 Å². The van der Waals surface area contributed by atoms with Gasteiger partial charge in [-0.3, -0.25) is 9.78 Å². The van der Waals surface area contributed by atoms with Gasteiger partial charge in [0.25, 0.3) is 5.91 Å². The van der Waals surface area contributed by atoms with Crippen LogP contribution in [0, 0.1) is 12.8 Å². The fourth-order valence-corrected chi connectivity index (χ4v) is 2.53. The Hall–Kier alpha value is -1.42. The molecule has 0 aliphatic carbocycles. The van der Waals surface area contributed by atoms with Crippen LogP contribution in [-0.2, 0) is 4.74 Å². The maximum absolute atomic E-state index is 12.6. The summed E-state index contributed by atoms with van der Waals surface area (Å²) in [4.78, 5) is 18.8. The van der Waals surface area contributed by atoms with Crippen molar-refractivity contribution in [3.8, 4) is 0 Å². The molecular formula is C15H22N2O2. The number of carbonyl (C=O) groups is 1. The van der Waals surface area contributed by atoms with Crippen LogP contribution in [0.2, 0.25) is 0 Å². The van der Waals surface area contributed by atoms with Crippen LogP contribution >= 0.6 is 0 Å². The minimum Gasteiger partial charge on any atom is -0.377 e. The molecule has 0 bridgehead atoms. The predicted octanol–water partition coefficient (Wildman–Crippen LogP) is 2.28. The van der Waals surface area contributed by atoms with Crippen molar-refractivity contribution in [3.05, 3.63) is 29.6 Å². The topological polar surface area (TPSA) is 42.4 Å². The molecule has 0 spiro atoms. The molecule has 1 aliphatic heterocycles. The second-order valence-electron chi connectivity index (χ2n) is 5.49. The molecule has 104 valence electrons. The fourth-order valence-electron chi connectivity index (χ4n) is 2.53. The number of amides is 1. The second-order valence-corrected chi connectivity index (χ2v) is 5.49. The summed E-state index contributed by atoms with van der Waals surface area (Å²) in [5.41, 5.74) is 1.50. The molecule has 0 radical (unpaired) electrons. The van der Waals surface area contributed by atoms with Gasteiger partial charge in [0.1, 0.15) is 0 Å². The van der Waals surface area contributed by atoms with E-state index in [1.807, 2.05) is 24.0 Å². The lowest BCUT2D eigenvalue weighted by Gasteiger charge is -2.36. The molecular weight excluding hydrogens is 240 g/mol. The Kier molecular flexibility index (Phi) is 4.53. The van der Waals surface area contributed by atoms with Gasteiger partial charge in [0.15, 0.2) is 0 Å². The van der Waals surface area contributed by atoms with Crippen molar-refractivity contribution in [2.45, 2.75) is 33.2 Å². The minimum atomic E-state index is 0.0829. The molecule has 4 nitrogen and oxygen atoms in total. The van der Waals surface area contributed by atoms with Crippen molar-refractivity contribution < 1.29 is 9.53 Å². The molecule has 1 atom stereocenters. The van der Waals surface area contributed by atoms with Gasteiger partial charge in [0.05, 0.1) is 24.8 Å². The third-order valence-corrected chi connectivity index (χ3v) is 3.47. The Labute approximate surface area is 114 Å². The molecule has 4 heteroatoms. The number of aromatic nitrogens is 1. The Morgan fingerprint density at radius 3 is 3.05 bits per heavy atom. The molecule has 1 aromatic heterocycles. The Balaban J connectivity index is 2.18. The molecule has 2 heterocycles. The fraction of sp³-hybridized carbons (Fsp3) is 0.600. The van der Waals surface area contributed by atoms with Gasteiger partial charge < -0.3 is 9.64 Å². The number of hydrogen-bond acceptors (Lipinski definition) is 3. The van der Waals surface area contributed by atoms with Gasteiger partial charge in [-0.2, -0.15) is 0 Å². The first-order valence-electron chi connectivity index (χ1n) is 6.90. The zero-order valence-corrected chi connectivity index (χ0v) is 11.9. The van der Waals surface area contributed by atoms with Gasteiger partial charge in [0.2, 0.25) is 0 Å². The highest BCUT2D eigenvalue weighted by molar-refractivity contribution is 5.95. The number of nitrogens with zero attached hydrogens (tertiary/aromatic N) is 2. The van der Waals surface area contributed by atoms with Gasteiger partial charge in [-0.15, -0.1) is 0 Å². The van der Waals surface area contributed by atoms with E-state index in [1.165, 1.54) is 0 Å². The summed E-state index contributed by atoms with van der Waals surface area (Å²) >= 11 is 0. The second kappa shape index (κ2) is 6.15. The number of pyridine rings is 1. The van der Waals surface area contributed by atoms with Gasteiger partial charge in [-0.05, 0) is 31.4 Å². The lowest BCUT2D eigenvalue weighted by Crippen LogP contribution is -2.49. The molecule has 1 fully saturated rings. The van der Waals surface area contributed by atoms with Crippen LogP contribution in [0.25, 0.3) is 0 Å².